The molecule has 3 nitrogen and oxygen atoms in total. The van der Waals surface area contributed by atoms with Crippen molar-refractivity contribution < 1.29 is 14.9 Å². The fraction of sp³-hybridized carbons (Fsp3) is 0.667. The molecule has 1 aliphatic carbocycles. The lowest BCUT2D eigenvalue weighted by Gasteiger charge is -2.20. The zero-order valence-corrected chi connectivity index (χ0v) is 9.60. The lowest BCUT2D eigenvalue weighted by Crippen LogP contribution is -2.21. The van der Waals surface area contributed by atoms with E-state index >= 15 is 0 Å². The lowest BCUT2D eigenvalue weighted by atomic mass is 9.95. The maximum absolute atomic E-state index is 8.92. The molecular formula is C12H22O3. The van der Waals surface area contributed by atoms with Gasteiger partial charge < -0.3 is 14.9 Å². The van der Waals surface area contributed by atoms with E-state index in [0.717, 1.165) is 25.7 Å². The van der Waals surface area contributed by atoms with Crippen molar-refractivity contribution in [2.45, 2.75) is 51.7 Å². The minimum Gasteiger partial charge on any atom is -0.473 e. The van der Waals surface area contributed by atoms with E-state index in [2.05, 4.69) is 0 Å². The molecule has 0 aromatic heterocycles. The third-order valence-electron chi connectivity index (χ3n) is 2.10. The van der Waals surface area contributed by atoms with Gasteiger partial charge in [0.05, 0.1) is 24.7 Å². The van der Waals surface area contributed by atoms with Gasteiger partial charge in [0.1, 0.15) is 0 Å². The first-order valence-electron chi connectivity index (χ1n) is 5.44. The molecule has 1 aliphatic rings. The van der Waals surface area contributed by atoms with Crippen LogP contribution >= 0.6 is 0 Å². The largest absolute Gasteiger partial charge is 0.473 e. The predicted molar refractivity (Wildman–Crippen MR) is 61.2 cm³/mol. The standard InChI is InChI=1S/C6H12O2.C6H10O/c7-5-1-2-6(8)4-3-5;1-3-5-7-6-4-2/h5-8H,1-4H2;3-6H,1-2H3. The van der Waals surface area contributed by atoms with Gasteiger partial charge in [0.15, 0.2) is 0 Å². The van der Waals surface area contributed by atoms with E-state index < -0.39 is 0 Å². The van der Waals surface area contributed by atoms with E-state index in [4.69, 9.17) is 14.9 Å². The monoisotopic (exact) mass is 214 g/mol. The van der Waals surface area contributed by atoms with Crippen molar-refractivity contribution in [1.82, 2.24) is 0 Å². The third-order valence-corrected chi connectivity index (χ3v) is 2.10. The normalized spacial score (nSPS) is 26.4. The highest BCUT2D eigenvalue weighted by molar-refractivity contribution is 4.73. The number of aliphatic hydroxyl groups is 2. The van der Waals surface area contributed by atoms with E-state index in [1.807, 2.05) is 26.0 Å². The van der Waals surface area contributed by atoms with Crippen LogP contribution in [0.5, 0.6) is 0 Å². The summed E-state index contributed by atoms with van der Waals surface area (Å²) in [5.41, 5.74) is 0. The molecular weight excluding hydrogens is 192 g/mol. The average Bonchev–Trinajstić information content (AvgIpc) is 2.24. The summed E-state index contributed by atoms with van der Waals surface area (Å²) in [6.07, 6.45) is 9.75. The van der Waals surface area contributed by atoms with Gasteiger partial charge in [0, 0.05) is 0 Å². The second-order valence-electron chi connectivity index (χ2n) is 3.54. The molecule has 0 unspecified atom stereocenters. The van der Waals surface area contributed by atoms with Crippen LogP contribution in [0.1, 0.15) is 39.5 Å². The summed E-state index contributed by atoms with van der Waals surface area (Å²) in [4.78, 5) is 0. The SMILES string of the molecule is CC=COC=CC.OC1CCC(O)CC1. The molecule has 0 heterocycles. The maximum atomic E-state index is 8.92. The molecule has 0 aromatic carbocycles. The molecule has 0 atom stereocenters. The number of ether oxygens (including phenoxy) is 1. The van der Waals surface area contributed by atoms with E-state index in [1.165, 1.54) is 0 Å². The Morgan fingerprint density at radius 1 is 0.867 bits per heavy atom. The highest BCUT2D eigenvalue weighted by Gasteiger charge is 2.15. The van der Waals surface area contributed by atoms with Crippen molar-refractivity contribution in [1.29, 1.82) is 0 Å². The van der Waals surface area contributed by atoms with Crippen molar-refractivity contribution in [2.24, 2.45) is 0 Å². The number of allylic oxidation sites excluding steroid dienone is 2. The van der Waals surface area contributed by atoms with E-state index in [-0.39, 0.29) is 12.2 Å². The van der Waals surface area contributed by atoms with Crippen molar-refractivity contribution in [2.75, 3.05) is 0 Å². The average molecular weight is 214 g/mol. The van der Waals surface area contributed by atoms with Crippen LogP contribution in [0, 0.1) is 0 Å². The third kappa shape index (κ3) is 9.50. The molecule has 0 bridgehead atoms. The van der Waals surface area contributed by atoms with Crippen LogP contribution < -0.4 is 0 Å². The smallest absolute Gasteiger partial charge is 0.0858 e. The summed E-state index contributed by atoms with van der Waals surface area (Å²) in [6, 6.07) is 0. The van der Waals surface area contributed by atoms with Crippen LogP contribution in [0.3, 0.4) is 0 Å². The number of aliphatic hydroxyl groups excluding tert-OH is 2. The second-order valence-corrected chi connectivity index (χ2v) is 3.54. The molecule has 0 aromatic rings. The van der Waals surface area contributed by atoms with Gasteiger partial charge in [-0.1, -0.05) is 12.2 Å². The molecule has 1 saturated carbocycles. The van der Waals surface area contributed by atoms with Crippen LogP contribution in [0.25, 0.3) is 0 Å². The second kappa shape index (κ2) is 9.74. The van der Waals surface area contributed by atoms with E-state index in [0.29, 0.717) is 0 Å². The van der Waals surface area contributed by atoms with Crippen molar-refractivity contribution >= 4 is 0 Å². The van der Waals surface area contributed by atoms with Gasteiger partial charge in [0.2, 0.25) is 0 Å². The van der Waals surface area contributed by atoms with Gasteiger partial charge in [-0.2, -0.15) is 0 Å². The Morgan fingerprint density at radius 2 is 1.20 bits per heavy atom. The fourth-order valence-electron chi connectivity index (χ4n) is 1.26. The molecule has 3 heteroatoms. The molecule has 1 fully saturated rings. The van der Waals surface area contributed by atoms with Crippen LogP contribution in [0.4, 0.5) is 0 Å². The first-order chi connectivity index (χ1) is 7.20. The highest BCUT2D eigenvalue weighted by Crippen LogP contribution is 2.17. The Kier molecular flexibility index (Phi) is 9.22. The zero-order valence-electron chi connectivity index (χ0n) is 9.60. The number of hydrogen-bond acceptors (Lipinski definition) is 3. The van der Waals surface area contributed by atoms with Gasteiger partial charge in [-0.05, 0) is 39.5 Å². The molecule has 0 saturated heterocycles. The van der Waals surface area contributed by atoms with Gasteiger partial charge in [-0.25, -0.2) is 0 Å². The molecule has 2 N–H and O–H groups in total. The van der Waals surface area contributed by atoms with Crippen molar-refractivity contribution in [3.05, 3.63) is 24.7 Å². The molecule has 1 rings (SSSR count). The summed E-state index contributed by atoms with van der Waals surface area (Å²) < 4.78 is 4.77. The molecule has 0 amide bonds. The van der Waals surface area contributed by atoms with Gasteiger partial charge in [-0.3, -0.25) is 0 Å². The predicted octanol–water partition coefficient (Wildman–Crippen LogP) is 2.35. The highest BCUT2D eigenvalue weighted by atomic mass is 16.5. The quantitative estimate of drug-likeness (QED) is 0.694. The minimum absolute atomic E-state index is 0.140. The van der Waals surface area contributed by atoms with E-state index in [1.54, 1.807) is 12.5 Å². The molecule has 0 spiro atoms. The number of hydrogen-bond donors (Lipinski definition) is 2. The fourth-order valence-corrected chi connectivity index (χ4v) is 1.26. The zero-order chi connectivity index (χ0) is 11.5. The van der Waals surface area contributed by atoms with Crippen LogP contribution in [-0.4, -0.2) is 22.4 Å². The summed E-state index contributed by atoms with van der Waals surface area (Å²) >= 11 is 0. The Balaban J connectivity index is 0.000000265. The van der Waals surface area contributed by atoms with Crippen LogP contribution in [-0.2, 0) is 4.74 Å². The minimum atomic E-state index is -0.140. The van der Waals surface area contributed by atoms with Crippen molar-refractivity contribution in [3.8, 4) is 0 Å². The van der Waals surface area contributed by atoms with Crippen LogP contribution in [0.2, 0.25) is 0 Å². The summed E-state index contributed by atoms with van der Waals surface area (Å²) in [7, 11) is 0. The Hall–Kier alpha value is -0.800. The Morgan fingerprint density at radius 3 is 1.47 bits per heavy atom. The lowest BCUT2D eigenvalue weighted by molar-refractivity contribution is 0.0541. The Bertz CT molecular complexity index is 159. The molecule has 88 valence electrons. The molecule has 0 radical (unpaired) electrons. The maximum Gasteiger partial charge on any atom is 0.0858 e. The summed E-state index contributed by atoms with van der Waals surface area (Å²) in [5, 5.41) is 17.8. The first kappa shape index (κ1) is 14.2. The van der Waals surface area contributed by atoms with Crippen molar-refractivity contribution in [3.63, 3.8) is 0 Å². The molecule has 15 heavy (non-hydrogen) atoms. The Labute approximate surface area is 92.1 Å². The summed E-state index contributed by atoms with van der Waals surface area (Å²) in [6.45, 7) is 3.81. The van der Waals surface area contributed by atoms with Gasteiger partial charge in [-0.15, -0.1) is 0 Å². The number of rotatable bonds is 2. The van der Waals surface area contributed by atoms with Crippen LogP contribution in [0.15, 0.2) is 24.7 Å². The summed E-state index contributed by atoms with van der Waals surface area (Å²) in [5.74, 6) is 0. The topological polar surface area (TPSA) is 49.7 Å². The molecule has 0 aliphatic heterocycles. The van der Waals surface area contributed by atoms with Gasteiger partial charge in [0.25, 0.3) is 0 Å². The first-order valence-corrected chi connectivity index (χ1v) is 5.44. The van der Waals surface area contributed by atoms with E-state index in [9.17, 15) is 0 Å². The van der Waals surface area contributed by atoms with Gasteiger partial charge >= 0.3 is 0 Å².